The summed E-state index contributed by atoms with van der Waals surface area (Å²) in [4.78, 5) is 29.8. The Balaban J connectivity index is 1.64. The average molecular weight is 374 g/mol. The number of aliphatic carboxylic acids is 1. The number of thiazole rings is 1. The summed E-state index contributed by atoms with van der Waals surface area (Å²) in [6.07, 6.45) is 1.96. The van der Waals surface area contributed by atoms with Crippen molar-refractivity contribution in [2.45, 2.75) is 26.2 Å². The summed E-state index contributed by atoms with van der Waals surface area (Å²) in [6, 6.07) is 7.70. The minimum atomic E-state index is -0.778. The first-order chi connectivity index (χ1) is 12.6. The van der Waals surface area contributed by atoms with Gasteiger partial charge in [0.15, 0.2) is 0 Å². The lowest BCUT2D eigenvalue weighted by atomic mass is 9.97. The molecule has 0 saturated carbocycles. The maximum atomic E-state index is 12.6. The van der Waals surface area contributed by atoms with Crippen LogP contribution >= 0.6 is 11.3 Å². The Hall–Kier alpha value is -2.41. The lowest BCUT2D eigenvalue weighted by Crippen LogP contribution is -2.40. The van der Waals surface area contributed by atoms with E-state index >= 15 is 0 Å². The molecule has 1 aliphatic heterocycles. The van der Waals surface area contributed by atoms with E-state index in [9.17, 15) is 9.59 Å². The summed E-state index contributed by atoms with van der Waals surface area (Å²) in [5.74, 6) is -0.429. The quantitative estimate of drug-likeness (QED) is 0.837. The number of aromatic nitrogens is 1. The van der Waals surface area contributed by atoms with E-state index in [1.54, 1.807) is 10.3 Å². The predicted molar refractivity (Wildman–Crippen MR) is 99.6 cm³/mol. The lowest BCUT2D eigenvalue weighted by Gasteiger charge is -2.29. The van der Waals surface area contributed by atoms with Crippen LogP contribution in [0.1, 0.15) is 36.7 Å². The van der Waals surface area contributed by atoms with Crippen LogP contribution in [0.15, 0.2) is 29.6 Å². The highest BCUT2D eigenvalue weighted by Crippen LogP contribution is 2.27. The summed E-state index contributed by atoms with van der Waals surface area (Å²) < 4.78 is 5.57. The third-order valence-corrected chi connectivity index (χ3v) is 5.32. The monoisotopic (exact) mass is 374 g/mol. The number of carbonyl (C=O) groups is 2. The van der Waals surface area contributed by atoms with E-state index < -0.39 is 5.97 Å². The fourth-order valence-electron chi connectivity index (χ4n) is 2.91. The van der Waals surface area contributed by atoms with E-state index in [1.165, 1.54) is 11.3 Å². The molecule has 1 saturated heterocycles. The number of hydrogen-bond donors (Lipinski definition) is 1. The van der Waals surface area contributed by atoms with Gasteiger partial charge in [0.25, 0.3) is 5.91 Å². The molecule has 1 fully saturated rings. The van der Waals surface area contributed by atoms with Crippen molar-refractivity contribution in [1.82, 2.24) is 9.88 Å². The zero-order valence-corrected chi connectivity index (χ0v) is 15.5. The zero-order chi connectivity index (χ0) is 18.5. The van der Waals surface area contributed by atoms with Gasteiger partial charge in [-0.1, -0.05) is 6.92 Å². The van der Waals surface area contributed by atoms with Gasteiger partial charge in [0, 0.05) is 24.0 Å². The second-order valence-electron chi connectivity index (χ2n) is 6.32. The van der Waals surface area contributed by atoms with Crippen LogP contribution in [0.25, 0.3) is 10.6 Å². The molecular weight excluding hydrogens is 352 g/mol. The zero-order valence-electron chi connectivity index (χ0n) is 14.7. The maximum absolute atomic E-state index is 12.6. The van der Waals surface area contributed by atoms with Gasteiger partial charge in [-0.2, -0.15) is 0 Å². The smallest absolute Gasteiger partial charge is 0.306 e. The molecule has 0 radical (unpaired) electrons. The normalized spacial score (nSPS) is 15.0. The van der Waals surface area contributed by atoms with E-state index in [4.69, 9.17) is 9.84 Å². The van der Waals surface area contributed by atoms with Crippen molar-refractivity contribution in [3.05, 3.63) is 35.3 Å². The van der Waals surface area contributed by atoms with Gasteiger partial charge in [-0.05, 0) is 43.5 Å². The number of likely N-dealkylation sites (tertiary alicyclic amines) is 1. The SMILES string of the molecule is CCCOc1ccc(-c2nc(C(=O)N3CCC(C(=O)O)CC3)cs2)cc1. The number of carboxylic acid groups (broad SMARTS) is 1. The number of rotatable bonds is 6. The van der Waals surface area contributed by atoms with E-state index in [0.717, 1.165) is 22.7 Å². The molecule has 7 heteroatoms. The molecule has 26 heavy (non-hydrogen) atoms. The summed E-state index contributed by atoms with van der Waals surface area (Å²) in [6.45, 7) is 3.68. The van der Waals surface area contributed by atoms with Crippen molar-refractivity contribution in [3.8, 4) is 16.3 Å². The van der Waals surface area contributed by atoms with Crippen molar-refractivity contribution >= 4 is 23.2 Å². The Labute approximate surface area is 156 Å². The molecule has 1 amide bonds. The highest BCUT2D eigenvalue weighted by atomic mass is 32.1. The predicted octanol–water partition coefficient (Wildman–Crippen LogP) is 3.54. The molecule has 0 aliphatic carbocycles. The molecular formula is C19H22N2O4S. The van der Waals surface area contributed by atoms with Gasteiger partial charge in [-0.15, -0.1) is 11.3 Å². The summed E-state index contributed by atoms with van der Waals surface area (Å²) in [5, 5.41) is 11.6. The number of nitrogens with zero attached hydrogens (tertiary/aromatic N) is 2. The Kier molecular flexibility index (Phi) is 5.88. The molecule has 2 heterocycles. The van der Waals surface area contributed by atoms with Crippen LogP contribution in [-0.2, 0) is 4.79 Å². The molecule has 0 unspecified atom stereocenters. The molecule has 6 nitrogen and oxygen atoms in total. The summed E-state index contributed by atoms with van der Waals surface area (Å²) in [5.41, 5.74) is 1.37. The van der Waals surface area contributed by atoms with Crippen LogP contribution < -0.4 is 4.74 Å². The molecule has 0 atom stereocenters. The van der Waals surface area contributed by atoms with Gasteiger partial charge in [-0.25, -0.2) is 4.98 Å². The number of carboxylic acids is 1. The van der Waals surface area contributed by atoms with E-state index in [1.807, 2.05) is 24.3 Å². The molecule has 1 N–H and O–H groups in total. The fraction of sp³-hybridized carbons (Fsp3) is 0.421. The average Bonchev–Trinajstić information content (AvgIpc) is 3.16. The summed E-state index contributed by atoms with van der Waals surface area (Å²) in [7, 11) is 0. The number of hydrogen-bond acceptors (Lipinski definition) is 5. The first-order valence-electron chi connectivity index (χ1n) is 8.79. The van der Waals surface area contributed by atoms with Crippen molar-refractivity contribution in [2.75, 3.05) is 19.7 Å². The third-order valence-electron chi connectivity index (χ3n) is 4.43. The van der Waals surface area contributed by atoms with Crippen molar-refractivity contribution in [1.29, 1.82) is 0 Å². The van der Waals surface area contributed by atoms with Crippen molar-refractivity contribution in [2.24, 2.45) is 5.92 Å². The second-order valence-corrected chi connectivity index (χ2v) is 7.17. The molecule has 138 valence electrons. The highest BCUT2D eigenvalue weighted by Gasteiger charge is 2.28. The molecule has 1 aliphatic rings. The van der Waals surface area contributed by atoms with Gasteiger partial charge in [0.2, 0.25) is 0 Å². The Morgan fingerprint density at radius 2 is 1.96 bits per heavy atom. The van der Waals surface area contributed by atoms with Crippen LogP contribution in [-0.4, -0.2) is 46.6 Å². The number of ether oxygens (including phenoxy) is 1. The van der Waals surface area contributed by atoms with Crippen LogP contribution in [0.5, 0.6) is 5.75 Å². The van der Waals surface area contributed by atoms with Crippen LogP contribution in [0.2, 0.25) is 0 Å². The minimum Gasteiger partial charge on any atom is -0.494 e. The Morgan fingerprint density at radius 1 is 1.27 bits per heavy atom. The molecule has 1 aromatic carbocycles. The third kappa shape index (κ3) is 4.22. The molecule has 3 rings (SSSR count). The largest absolute Gasteiger partial charge is 0.494 e. The Bertz CT molecular complexity index is 764. The molecule has 0 bridgehead atoms. The van der Waals surface area contributed by atoms with Crippen molar-refractivity contribution < 1.29 is 19.4 Å². The Morgan fingerprint density at radius 3 is 2.58 bits per heavy atom. The highest BCUT2D eigenvalue weighted by molar-refractivity contribution is 7.13. The second kappa shape index (κ2) is 8.31. The number of benzene rings is 1. The van der Waals surface area contributed by atoms with Gasteiger partial charge >= 0.3 is 5.97 Å². The summed E-state index contributed by atoms with van der Waals surface area (Å²) >= 11 is 1.43. The number of amides is 1. The minimum absolute atomic E-state index is 0.126. The molecule has 1 aromatic heterocycles. The van der Waals surface area contributed by atoms with Gasteiger partial charge < -0.3 is 14.7 Å². The van der Waals surface area contributed by atoms with E-state index in [-0.39, 0.29) is 11.8 Å². The topological polar surface area (TPSA) is 79.7 Å². The standard InChI is InChI=1S/C19H22N2O4S/c1-2-11-25-15-5-3-13(4-6-15)17-20-16(12-26-17)18(22)21-9-7-14(8-10-21)19(23)24/h3-6,12,14H,2,7-11H2,1H3,(H,23,24). The van der Waals surface area contributed by atoms with Crippen LogP contribution in [0.4, 0.5) is 0 Å². The van der Waals surface area contributed by atoms with Gasteiger partial charge in [-0.3, -0.25) is 9.59 Å². The van der Waals surface area contributed by atoms with E-state index in [2.05, 4.69) is 11.9 Å². The lowest BCUT2D eigenvalue weighted by molar-refractivity contribution is -0.143. The number of carbonyl (C=O) groups excluding carboxylic acids is 1. The van der Waals surface area contributed by atoms with Crippen LogP contribution in [0.3, 0.4) is 0 Å². The fourth-order valence-corrected chi connectivity index (χ4v) is 3.71. The van der Waals surface area contributed by atoms with Crippen molar-refractivity contribution in [3.63, 3.8) is 0 Å². The van der Waals surface area contributed by atoms with Gasteiger partial charge in [0.1, 0.15) is 16.5 Å². The van der Waals surface area contributed by atoms with E-state index in [0.29, 0.717) is 38.2 Å². The first-order valence-corrected chi connectivity index (χ1v) is 9.67. The maximum Gasteiger partial charge on any atom is 0.306 e. The molecule has 0 spiro atoms. The van der Waals surface area contributed by atoms with Crippen LogP contribution in [0, 0.1) is 5.92 Å². The molecule has 2 aromatic rings. The van der Waals surface area contributed by atoms with Gasteiger partial charge in [0.05, 0.1) is 12.5 Å². The first kappa shape index (κ1) is 18.4. The number of piperidine rings is 1.